The average Bonchev–Trinajstić information content (AvgIpc) is 2.98. The van der Waals surface area contributed by atoms with Crippen molar-refractivity contribution in [2.75, 3.05) is 18.4 Å². The quantitative estimate of drug-likeness (QED) is 0.822. The maximum absolute atomic E-state index is 5.72. The summed E-state index contributed by atoms with van der Waals surface area (Å²) in [4.78, 5) is 4.36. The third-order valence-electron chi connectivity index (χ3n) is 3.30. The van der Waals surface area contributed by atoms with Gasteiger partial charge < -0.3 is 15.5 Å². The van der Waals surface area contributed by atoms with Crippen LogP contribution in [0.1, 0.15) is 12.8 Å². The summed E-state index contributed by atoms with van der Waals surface area (Å²) in [7, 11) is 0. The minimum absolute atomic E-state index is 0.292. The van der Waals surface area contributed by atoms with E-state index in [0.717, 1.165) is 24.2 Å². The highest BCUT2D eigenvalue weighted by molar-refractivity contribution is 5.74. The van der Waals surface area contributed by atoms with E-state index in [2.05, 4.69) is 10.3 Å². The third-order valence-corrected chi connectivity index (χ3v) is 3.30. The van der Waals surface area contributed by atoms with Crippen LogP contribution in [0.3, 0.4) is 0 Å². The number of para-hydroxylation sites is 2. The van der Waals surface area contributed by atoms with Crippen molar-refractivity contribution in [2.24, 2.45) is 11.1 Å². The Balaban J connectivity index is 1.74. The summed E-state index contributed by atoms with van der Waals surface area (Å²) in [6.45, 7) is 1.59. The molecular weight excluding hydrogens is 202 g/mol. The van der Waals surface area contributed by atoms with Gasteiger partial charge >= 0.3 is 0 Å². The predicted molar refractivity (Wildman–Crippen MR) is 63.2 cm³/mol. The molecule has 1 saturated carbocycles. The first-order valence-corrected chi connectivity index (χ1v) is 5.61. The molecule has 84 valence electrons. The van der Waals surface area contributed by atoms with E-state index in [9.17, 15) is 0 Å². The second kappa shape index (κ2) is 3.49. The molecule has 3 N–H and O–H groups in total. The second-order valence-corrected chi connectivity index (χ2v) is 4.54. The number of nitrogens with zero attached hydrogens (tertiary/aromatic N) is 1. The van der Waals surface area contributed by atoms with Crippen LogP contribution in [0.15, 0.2) is 28.7 Å². The van der Waals surface area contributed by atoms with E-state index in [1.54, 1.807) is 0 Å². The van der Waals surface area contributed by atoms with Crippen LogP contribution < -0.4 is 11.1 Å². The first kappa shape index (κ1) is 9.66. The molecule has 0 aliphatic heterocycles. The number of nitrogens with two attached hydrogens (primary N) is 1. The van der Waals surface area contributed by atoms with Gasteiger partial charge in [-0.25, -0.2) is 0 Å². The highest BCUT2D eigenvalue weighted by atomic mass is 16.4. The molecule has 4 heteroatoms. The Kier molecular flexibility index (Phi) is 2.11. The van der Waals surface area contributed by atoms with E-state index in [1.165, 1.54) is 12.8 Å². The van der Waals surface area contributed by atoms with Gasteiger partial charge in [-0.3, -0.25) is 0 Å². The molecular formula is C12H15N3O. The number of rotatable bonds is 4. The number of anilines is 1. The van der Waals surface area contributed by atoms with E-state index in [-0.39, 0.29) is 0 Å². The largest absolute Gasteiger partial charge is 0.424 e. The predicted octanol–water partition coefficient (Wildman–Crippen LogP) is 1.98. The molecule has 1 heterocycles. The van der Waals surface area contributed by atoms with Crippen molar-refractivity contribution < 1.29 is 4.42 Å². The van der Waals surface area contributed by atoms with Crippen molar-refractivity contribution in [1.82, 2.24) is 4.98 Å². The summed E-state index contributed by atoms with van der Waals surface area (Å²) in [6.07, 6.45) is 2.41. The maximum atomic E-state index is 5.72. The zero-order valence-electron chi connectivity index (χ0n) is 9.07. The summed E-state index contributed by atoms with van der Waals surface area (Å²) in [6, 6.07) is 8.36. The standard InChI is InChI=1S/C12H15N3O/c13-7-12(5-6-12)8-14-11-15-9-3-1-2-4-10(9)16-11/h1-4H,5-8,13H2,(H,14,15). The van der Waals surface area contributed by atoms with Crippen LogP contribution in [0, 0.1) is 5.41 Å². The van der Waals surface area contributed by atoms with Crippen molar-refractivity contribution in [2.45, 2.75) is 12.8 Å². The number of oxazole rings is 1. The Morgan fingerprint density at radius 3 is 2.88 bits per heavy atom. The van der Waals surface area contributed by atoms with Crippen LogP contribution in [-0.4, -0.2) is 18.1 Å². The smallest absolute Gasteiger partial charge is 0.295 e. The van der Waals surface area contributed by atoms with Gasteiger partial charge in [0, 0.05) is 12.0 Å². The van der Waals surface area contributed by atoms with Crippen LogP contribution in [0.4, 0.5) is 6.01 Å². The molecule has 3 rings (SSSR count). The molecule has 0 unspecified atom stereocenters. The zero-order valence-corrected chi connectivity index (χ0v) is 9.07. The molecule has 0 radical (unpaired) electrons. The minimum atomic E-state index is 0.292. The number of benzene rings is 1. The van der Waals surface area contributed by atoms with Crippen molar-refractivity contribution in [1.29, 1.82) is 0 Å². The Bertz CT molecular complexity index is 469. The Morgan fingerprint density at radius 1 is 1.38 bits per heavy atom. The van der Waals surface area contributed by atoms with Crippen molar-refractivity contribution in [3.63, 3.8) is 0 Å². The molecule has 0 bridgehead atoms. The second-order valence-electron chi connectivity index (χ2n) is 4.54. The van der Waals surface area contributed by atoms with Crippen molar-refractivity contribution in [3.05, 3.63) is 24.3 Å². The fraction of sp³-hybridized carbons (Fsp3) is 0.417. The first-order chi connectivity index (χ1) is 7.81. The van der Waals surface area contributed by atoms with Gasteiger partial charge in [0.15, 0.2) is 5.58 Å². The van der Waals surface area contributed by atoms with Gasteiger partial charge in [0.25, 0.3) is 6.01 Å². The lowest BCUT2D eigenvalue weighted by Crippen LogP contribution is -2.24. The first-order valence-electron chi connectivity index (χ1n) is 5.61. The number of nitrogens with one attached hydrogen (secondary N) is 1. The van der Waals surface area contributed by atoms with E-state index >= 15 is 0 Å². The Labute approximate surface area is 93.8 Å². The summed E-state index contributed by atoms with van der Waals surface area (Å²) in [5, 5.41) is 3.23. The topological polar surface area (TPSA) is 64.1 Å². The molecule has 1 fully saturated rings. The Morgan fingerprint density at radius 2 is 2.19 bits per heavy atom. The lowest BCUT2D eigenvalue weighted by atomic mass is 10.1. The zero-order chi connectivity index (χ0) is 11.0. The third kappa shape index (κ3) is 1.65. The lowest BCUT2D eigenvalue weighted by Gasteiger charge is -2.11. The molecule has 4 nitrogen and oxygen atoms in total. The summed E-state index contributed by atoms with van der Waals surface area (Å²) in [5.74, 6) is 0. The molecule has 0 amide bonds. The molecule has 1 aromatic carbocycles. The number of fused-ring (bicyclic) bond motifs is 1. The Hall–Kier alpha value is -1.55. The van der Waals surface area contributed by atoms with Crippen LogP contribution in [0.25, 0.3) is 11.1 Å². The van der Waals surface area contributed by atoms with E-state index in [0.29, 0.717) is 11.4 Å². The van der Waals surface area contributed by atoms with E-state index in [1.807, 2.05) is 24.3 Å². The number of aromatic nitrogens is 1. The highest BCUT2D eigenvalue weighted by Gasteiger charge is 2.41. The normalized spacial score (nSPS) is 17.6. The average molecular weight is 217 g/mol. The van der Waals surface area contributed by atoms with Crippen LogP contribution in [0.2, 0.25) is 0 Å². The van der Waals surface area contributed by atoms with Crippen LogP contribution >= 0.6 is 0 Å². The van der Waals surface area contributed by atoms with Gasteiger partial charge in [0.1, 0.15) is 5.52 Å². The fourth-order valence-corrected chi connectivity index (χ4v) is 1.84. The minimum Gasteiger partial charge on any atom is -0.424 e. The van der Waals surface area contributed by atoms with Gasteiger partial charge in [-0.15, -0.1) is 0 Å². The molecule has 0 spiro atoms. The van der Waals surface area contributed by atoms with Gasteiger partial charge in [0.05, 0.1) is 0 Å². The number of hydrogen-bond acceptors (Lipinski definition) is 4. The van der Waals surface area contributed by atoms with Crippen LogP contribution in [0.5, 0.6) is 0 Å². The summed E-state index contributed by atoms with van der Waals surface area (Å²) >= 11 is 0. The van der Waals surface area contributed by atoms with Gasteiger partial charge in [0.2, 0.25) is 0 Å². The molecule has 16 heavy (non-hydrogen) atoms. The molecule has 1 aliphatic rings. The highest BCUT2D eigenvalue weighted by Crippen LogP contribution is 2.44. The van der Waals surface area contributed by atoms with Gasteiger partial charge in [-0.2, -0.15) is 4.98 Å². The summed E-state index contributed by atoms with van der Waals surface area (Å²) in [5.41, 5.74) is 7.72. The molecule has 1 aromatic heterocycles. The van der Waals surface area contributed by atoms with E-state index < -0.39 is 0 Å². The van der Waals surface area contributed by atoms with Crippen LogP contribution in [-0.2, 0) is 0 Å². The molecule has 1 aliphatic carbocycles. The van der Waals surface area contributed by atoms with Gasteiger partial charge in [-0.05, 0) is 31.5 Å². The fourth-order valence-electron chi connectivity index (χ4n) is 1.84. The molecule has 0 saturated heterocycles. The van der Waals surface area contributed by atoms with Crippen molar-refractivity contribution in [3.8, 4) is 0 Å². The van der Waals surface area contributed by atoms with E-state index in [4.69, 9.17) is 10.2 Å². The number of hydrogen-bond donors (Lipinski definition) is 2. The lowest BCUT2D eigenvalue weighted by molar-refractivity contribution is 0.535. The SMILES string of the molecule is NCC1(CNc2nc3ccccc3o2)CC1. The van der Waals surface area contributed by atoms with Crippen molar-refractivity contribution >= 4 is 17.1 Å². The summed E-state index contributed by atoms with van der Waals surface area (Å²) < 4.78 is 5.57. The molecule has 0 atom stereocenters. The molecule has 2 aromatic rings. The maximum Gasteiger partial charge on any atom is 0.295 e. The monoisotopic (exact) mass is 217 g/mol. The van der Waals surface area contributed by atoms with Gasteiger partial charge in [-0.1, -0.05) is 12.1 Å².